The first kappa shape index (κ1) is 90.9. The number of rotatable bonds is 7. The van der Waals surface area contributed by atoms with Crippen LogP contribution in [-0.4, -0.2) is 109 Å². The van der Waals surface area contributed by atoms with Crippen molar-refractivity contribution in [2.75, 3.05) is 12.8 Å². The number of nitrogens with zero attached hydrogens (tertiary/aromatic N) is 10. The number of aryl methyl sites for hydroxylation is 3. The van der Waals surface area contributed by atoms with Crippen LogP contribution in [0.4, 0.5) is 5.69 Å². The summed E-state index contributed by atoms with van der Waals surface area (Å²) in [6.45, 7) is 6.26. The molecule has 0 unspecified atom stereocenters. The quantitative estimate of drug-likeness (QED) is 0.0658. The molecule has 0 bridgehead atoms. The van der Waals surface area contributed by atoms with Gasteiger partial charge < -0.3 is 36.6 Å². The molecule has 8 N–H and O–H groups in total. The number of hydrogen-bond acceptors (Lipinski definition) is 21. The van der Waals surface area contributed by atoms with Crippen LogP contribution in [0.5, 0.6) is 5.75 Å². The third-order valence-electron chi connectivity index (χ3n) is 9.69. The van der Waals surface area contributed by atoms with Crippen LogP contribution in [-0.2, 0) is 24.0 Å². The molecule has 10 aromatic rings. The van der Waals surface area contributed by atoms with Gasteiger partial charge in [0.1, 0.15) is 10.9 Å². The number of aromatic nitrogens is 10. The summed E-state index contributed by atoms with van der Waals surface area (Å²) in [4.78, 5) is 82.6. The maximum Gasteiger partial charge on any atom is 1.00 e. The minimum absolute atomic E-state index is 0. The number of nitrogen functional groups attached to an aromatic ring is 1. The monoisotopic (exact) mass is 1360 g/mol. The van der Waals surface area contributed by atoms with Gasteiger partial charge in [-0.3, -0.25) is 49.7 Å². The van der Waals surface area contributed by atoms with Crippen LogP contribution in [0.3, 0.4) is 0 Å². The van der Waals surface area contributed by atoms with Crippen molar-refractivity contribution in [1.29, 1.82) is 0 Å². The number of ether oxygens (including phenoxy) is 1. The van der Waals surface area contributed by atoms with Gasteiger partial charge in [0.05, 0.1) is 73.9 Å². The maximum absolute atomic E-state index is 10.2. The molecule has 5 aromatic heterocycles. The smallest absolute Gasteiger partial charge is 0.870 e. The van der Waals surface area contributed by atoms with Gasteiger partial charge >= 0.3 is 49.0 Å². The molecule has 0 saturated heterocycles. The van der Waals surface area contributed by atoms with E-state index in [1.165, 1.54) is 6.20 Å². The first-order valence-electron chi connectivity index (χ1n) is 23.5. The number of hydrogen-bond donors (Lipinski definition) is 4. The molecule has 5 aromatic carbocycles. The summed E-state index contributed by atoms with van der Waals surface area (Å²) < 4.78 is 4.68. The summed E-state index contributed by atoms with van der Waals surface area (Å²) in [6.07, 6.45) is 24.8. The molecule has 5 heterocycles. The molecule has 0 saturated carbocycles. The zero-order valence-corrected chi connectivity index (χ0v) is 53.1. The Morgan fingerprint density at radius 1 is 0.456 bits per heavy atom. The molecule has 0 aliphatic heterocycles. The Balaban J connectivity index is -0.000000312. The van der Waals surface area contributed by atoms with Crippen LogP contribution in [0.2, 0.25) is 30.3 Å². The van der Waals surface area contributed by atoms with Crippen molar-refractivity contribution in [3.63, 3.8) is 0 Å². The molecule has 0 radical (unpaired) electrons. The summed E-state index contributed by atoms with van der Waals surface area (Å²) in [5.74, 6) is 0.396. The van der Waals surface area contributed by atoms with E-state index < -0.39 is 7.12 Å². The molecule has 0 spiro atoms. The van der Waals surface area contributed by atoms with Crippen LogP contribution < -0.4 is 45.5 Å². The molecule has 470 valence electrons. The predicted octanol–water partition coefficient (Wildman–Crippen LogP) is 8.73. The van der Waals surface area contributed by atoms with Gasteiger partial charge in [0.25, 0.3) is 6.47 Å². The fraction of sp³-hybridized carbons (Fsp3) is 0.117. The van der Waals surface area contributed by atoms with Crippen molar-refractivity contribution in [3.8, 4) is 50.8 Å². The molecule has 10 rings (SSSR count). The SMILES string of the molecule is C.C.C.CO.Cc1ccc(-c2cnccn2)c(Cl)c1.Cc1ccc(-c2cnccn2)c(Cl)c1.Cc1ccc(B(O)O)c(Cl)c1.Clc1cnccn1.Nc1ccc(-c2cnccn2)c(Cl)c1.O.O=C=O.O=C=O.O=COc1ccc(-c2cnccn2)c(Cl)c1.[Na+].[OH-]. The average Bonchev–Trinajstić information content (AvgIpc) is 1.86. The summed E-state index contributed by atoms with van der Waals surface area (Å²) in [5, 5.41) is 27.8. The van der Waals surface area contributed by atoms with Gasteiger partial charge in [-0.05, 0) is 86.0 Å². The second-order valence-corrected chi connectivity index (χ2v) is 17.9. The second-order valence-electron chi connectivity index (χ2n) is 15.5. The van der Waals surface area contributed by atoms with E-state index in [1.807, 2.05) is 63.2 Å². The molecule has 30 heteroatoms. The van der Waals surface area contributed by atoms with Crippen LogP contribution >= 0.6 is 69.6 Å². The minimum Gasteiger partial charge on any atom is -0.870 e. The second kappa shape index (κ2) is 53.0. The molecule has 0 amide bonds. The Labute approximate surface area is 574 Å². The van der Waals surface area contributed by atoms with Crippen molar-refractivity contribution in [1.82, 2.24) is 49.8 Å². The van der Waals surface area contributed by atoms with Crippen molar-refractivity contribution < 1.29 is 84.4 Å². The van der Waals surface area contributed by atoms with E-state index in [9.17, 15) is 4.79 Å². The molecule has 0 aliphatic carbocycles. The Kier molecular flexibility index (Phi) is 53.5. The van der Waals surface area contributed by atoms with Gasteiger partial charge in [0.2, 0.25) is 0 Å². The van der Waals surface area contributed by atoms with Gasteiger partial charge in [0.15, 0.2) is 0 Å². The minimum atomic E-state index is -1.48. The molecule has 22 nitrogen and oxygen atoms in total. The van der Waals surface area contributed by atoms with E-state index >= 15 is 0 Å². The van der Waals surface area contributed by atoms with Crippen LogP contribution in [0.1, 0.15) is 39.0 Å². The number of benzene rings is 5. The van der Waals surface area contributed by atoms with E-state index in [0.717, 1.165) is 63.1 Å². The topological polar surface area (TPSA) is 372 Å². The van der Waals surface area contributed by atoms with Crippen molar-refractivity contribution in [2.45, 2.75) is 43.1 Å². The summed E-state index contributed by atoms with van der Waals surface area (Å²) in [5.41, 5.74) is 16.3. The fourth-order valence-electron chi connectivity index (χ4n) is 6.10. The number of nitrogens with two attached hydrogens (primary N) is 1. The summed E-state index contributed by atoms with van der Waals surface area (Å²) >= 11 is 35.3. The first-order chi connectivity index (χ1) is 40.5. The van der Waals surface area contributed by atoms with Crippen LogP contribution in [0, 0.1) is 20.8 Å². The Hall–Kier alpha value is -7.87. The number of aliphatic hydroxyl groups is 1. The standard InChI is InChI=1S/C11H7ClN2O2.2C11H9ClN2.C10H8ClN3.C7H8BClO2.C4H3ClN2.2CO2.CH4O.3CH4.Na.2H2O/c12-10-5-8(16-7-15)1-2-9(10)11-6-13-3-4-14-11;2*1-8-2-3-9(10(12)6-8)11-7-13-4-5-14-11;11-9-5-7(12)1-2-8(9)10-6-13-3-4-14-10;1-5-2-3-6(8(10)11)7(9)4-5;5-4-3-6-1-2-7-4;2*2-1-3;1-2;;;;;;/h1-7H;2*2-7H,1H3;1-6H,12H2;2-4,10-11H,1H3;1-3H;;;2H,1H3;3*1H4;;2*1H2/q;;;;;;;;;;;;+1;;/p-1. The molecule has 0 aliphatic rings. The van der Waals surface area contributed by atoms with Gasteiger partial charge in [0, 0.05) is 114 Å². The third-order valence-corrected chi connectivity index (χ3v) is 11.5. The number of halogens is 6. The van der Waals surface area contributed by atoms with E-state index in [4.69, 9.17) is 110 Å². The van der Waals surface area contributed by atoms with Gasteiger partial charge in [-0.2, -0.15) is 19.2 Å². The zero-order valence-electron chi connectivity index (χ0n) is 46.5. The van der Waals surface area contributed by atoms with Gasteiger partial charge in [-0.15, -0.1) is 0 Å². The van der Waals surface area contributed by atoms with Crippen molar-refractivity contribution >= 4 is 107 Å². The third kappa shape index (κ3) is 34.8. The van der Waals surface area contributed by atoms with Gasteiger partial charge in [-0.25, -0.2) is 4.98 Å². The Bertz CT molecular complexity index is 3390. The van der Waals surface area contributed by atoms with Crippen molar-refractivity contribution in [2.24, 2.45) is 0 Å². The van der Waals surface area contributed by atoms with E-state index in [0.29, 0.717) is 59.3 Å². The normalized spacial score (nSPS) is 8.59. The molecule has 0 atom stereocenters. The first-order valence-corrected chi connectivity index (χ1v) is 25.7. The van der Waals surface area contributed by atoms with Crippen LogP contribution in [0.15, 0.2) is 184 Å². The summed E-state index contributed by atoms with van der Waals surface area (Å²) in [6, 6.07) is 27.1. The molecule has 0 fully saturated rings. The Morgan fingerprint density at radius 2 is 0.756 bits per heavy atom. The Morgan fingerprint density at radius 3 is 1.01 bits per heavy atom. The molecular weight excluding hydrogens is 1300 g/mol. The van der Waals surface area contributed by atoms with Gasteiger partial charge in [-0.1, -0.05) is 128 Å². The fourth-order valence-corrected chi connectivity index (χ4v) is 7.76. The maximum atomic E-state index is 10.2. The van der Waals surface area contributed by atoms with Crippen LogP contribution in [0.25, 0.3) is 45.0 Å². The summed E-state index contributed by atoms with van der Waals surface area (Å²) in [7, 11) is -0.483. The van der Waals surface area contributed by atoms with E-state index in [2.05, 4.69) is 54.6 Å². The zero-order chi connectivity index (χ0) is 62.2. The molecule has 90 heavy (non-hydrogen) atoms. The number of carbonyl (C=O) groups excluding carboxylic acids is 5. The number of carbonyl (C=O) groups is 1. The largest absolute Gasteiger partial charge is 1.00 e. The number of aliphatic hydroxyl groups excluding tert-OH is 1. The number of anilines is 1. The van der Waals surface area contributed by atoms with E-state index in [1.54, 1.807) is 135 Å². The molecular formula is C60H63BCl6N11NaO11. The van der Waals surface area contributed by atoms with E-state index in [-0.39, 0.29) is 75.1 Å². The predicted molar refractivity (Wildman–Crippen MR) is 347 cm³/mol. The average molecular weight is 1360 g/mol. The van der Waals surface area contributed by atoms with Crippen molar-refractivity contribution in [3.05, 3.63) is 231 Å².